The minimum absolute atomic E-state index is 0.00989. The van der Waals surface area contributed by atoms with E-state index in [0.29, 0.717) is 16.5 Å². The van der Waals surface area contributed by atoms with E-state index in [-0.39, 0.29) is 22.4 Å². The molecule has 1 heterocycles. The first-order valence-corrected chi connectivity index (χ1v) is 12.1. The molecule has 172 valence electrons. The smallest absolute Gasteiger partial charge is 0.144 e. The molecule has 1 aliphatic rings. The summed E-state index contributed by atoms with van der Waals surface area (Å²) in [5.74, 6) is 0.292. The largest absolute Gasteiger partial charge is 0.506 e. The zero-order valence-corrected chi connectivity index (χ0v) is 20.0. The summed E-state index contributed by atoms with van der Waals surface area (Å²) in [6.07, 6.45) is 4.96. The molecule has 0 amide bonds. The molecule has 1 atom stereocenters. The lowest BCUT2D eigenvalue weighted by atomic mass is 9.87. The minimum atomic E-state index is 0.00989. The third-order valence-corrected chi connectivity index (χ3v) is 7.50. The maximum absolute atomic E-state index is 11.2. The number of aromatic hydroxyl groups is 2. The lowest BCUT2D eigenvalue weighted by molar-refractivity contribution is 0.465. The zero-order valence-electron chi connectivity index (χ0n) is 19.2. The van der Waals surface area contributed by atoms with Crippen LogP contribution in [0.5, 0.6) is 11.5 Å². The topological polar surface area (TPSA) is 45.4 Å². The van der Waals surface area contributed by atoms with Crippen LogP contribution in [0.25, 0.3) is 33.8 Å². The van der Waals surface area contributed by atoms with Gasteiger partial charge in [0, 0.05) is 28.4 Å². The molecule has 4 heteroatoms. The number of benzene rings is 4. The minimum Gasteiger partial charge on any atom is -0.506 e. The van der Waals surface area contributed by atoms with Crippen molar-refractivity contribution in [2.24, 2.45) is 0 Å². The SMILES string of the molecule is Cc1c(Cl)c(O)c2c3c(n(-c4ccc(-c5ccccc5)cc4)c2c1O)CC(c1ccccc1)C=C3. The molecule has 6 rings (SSSR count). The number of phenols is 2. The Balaban J connectivity index is 1.58. The quantitative estimate of drug-likeness (QED) is 0.258. The first-order chi connectivity index (χ1) is 17.0. The van der Waals surface area contributed by atoms with Crippen LogP contribution in [0.3, 0.4) is 0 Å². The van der Waals surface area contributed by atoms with Crippen molar-refractivity contribution in [1.82, 2.24) is 4.57 Å². The summed E-state index contributed by atoms with van der Waals surface area (Å²) in [4.78, 5) is 0. The van der Waals surface area contributed by atoms with Crippen LogP contribution < -0.4 is 0 Å². The molecule has 4 aromatic carbocycles. The van der Waals surface area contributed by atoms with E-state index in [4.69, 9.17) is 11.6 Å². The van der Waals surface area contributed by atoms with Gasteiger partial charge in [-0.25, -0.2) is 0 Å². The van der Waals surface area contributed by atoms with Crippen molar-refractivity contribution in [3.8, 4) is 28.3 Å². The standard InChI is InChI=1S/C31H24ClNO2/c1-19-28(32)31(35)27-25-17-14-23(21-10-6-3-7-11-21)18-26(25)33(29(27)30(19)34)24-15-12-22(13-16-24)20-8-4-2-5-9-20/h2-17,23,34-35H,18H2,1H3. The van der Waals surface area contributed by atoms with Gasteiger partial charge in [-0.2, -0.15) is 0 Å². The van der Waals surface area contributed by atoms with E-state index in [9.17, 15) is 10.2 Å². The summed E-state index contributed by atoms with van der Waals surface area (Å²) in [5.41, 5.74) is 7.41. The molecule has 2 N–H and O–H groups in total. The van der Waals surface area contributed by atoms with Crippen molar-refractivity contribution in [2.75, 3.05) is 0 Å². The highest BCUT2D eigenvalue weighted by molar-refractivity contribution is 6.34. The molecular weight excluding hydrogens is 454 g/mol. The van der Waals surface area contributed by atoms with Gasteiger partial charge in [0.25, 0.3) is 0 Å². The van der Waals surface area contributed by atoms with Gasteiger partial charge in [0.1, 0.15) is 17.0 Å². The van der Waals surface area contributed by atoms with Gasteiger partial charge in [-0.15, -0.1) is 0 Å². The van der Waals surface area contributed by atoms with Gasteiger partial charge in [-0.3, -0.25) is 0 Å². The van der Waals surface area contributed by atoms with E-state index in [1.54, 1.807) is 6.92 Å². The number of fused-ring (bicyclic) bond motifs is 3. The number of rotatable bonds is 3. The maximum atomic E-state index is 11.2. The zero-order chi connectivity index (χ0) is 24.1. The third-order valence-electron chi connectivity index (χ3n) is 7.03. The number of aromatic nitrogens is 1. The normalized spacial score (nSPS) is 14.9. The molecule has 1 unspecified atom stereocenters. The molecule has 0 bridgehead atoms. The van der Waals surface area contributed by atoms with Gasteiger partial charge in [-0.05, 0) is 42.2 Å². The highest BCUT2D eigenvalue weighted by atomic mass is 35.5. The highest BCUT2D eigenvalue weighted by Gasteiger charge is 2.29. The van der Waals surface area contributed by atoms with Crippen molar-refractivity contribution in [3.63, 3.8) is 0 Å². The van der Waals surface area contributed by atoms with Crippen molar-refractivity contribution in [3.05, 3.63) is 118 Å². The van der Waals surface area contributed by atoms with E-state index < -0.39 is 0 Å². The van der Waals surface area contributed by atoms with Crippen LogP contribution in [0.1, 0.15) is 28.3 Å². The Morgan fingerprint density at radius 2 is 1.43 bits per heavy atom. The molecule has 1 aliphatic carbocycles. The number of nitrogens with zero attached hydrogens (tertiary/aromatic N) is 1. The predicted octanol–water partition coefficient (Wildman–Crippen LogP) is 8.02. The lowest BCUT2D eigenvalue weighted by Gasteiger charge is -2.21. The fourth-order valence-corrected chi connectivity index (χ4v) is 5.37. The molecule has 0 spiro atoms. The summed E-state index contributed by atoms with van der Waals surface area (Å²) in [6.45, 7) is 1.73. The van der Waals surface area contributed by atoms with Crippen LogP contribution in [0.2, 0.25) is 5.02 Å². The summed E-state index contributed by atoms with van der Waals surface area (Å²) in [7, 11) is 0. The second-order valence-electron chi connectivity index (χ2n) is 9.05. The summed E-state index contributed by atoms with van der Waals surface area (Å²) in [5, 5.41) is 23.1. The van der Waals surface area contributed by atoms with Crippen LogP contribution in [-0.4, -0.2) is 14.8 Å². The average Bonchev–Trinajstić information content (AvgIpc) is 3.26. The summed E-state index contributed by atoms with van der Waals surface area (Å²) < 4.78 is 2.08. The molecule has 0 saturated carbocycles. The highest BCUT2D eigenvalue weighted by Crippen LogP contribution is 2.49. The fourth-order valence-electron chi connectivity index (χ4n) is 5.19. The number of allylic oxidation sites excluding steroid dienone is 1. The molecule has 35 heavy (non-hydrogen) atoms. The Morgan fingerprint density at radius 3 is 2.11 bits per heavy atom. The molecular formula is C31H24ClNO2. The summed E-state index contributed by atoms with van der Waals surface area (Å²) in [6, 6.07) is 29.0. The van der Waals surface area contributed by atoms with E-state index in [1.807, 2.05) is 24.3 Å². The van der Waals surface area contributed by atoms with Crippen LogP contribution in [0.15, 0.2) is 91.0 Å². The van der Waals surface area contributed by atoms with E-state index >= 15 is 0 Å². The Kier molecular flexibility index (Phi) is 5.16. The van der Waals surface area contributed by atoms with Crippen LogP contribution >= 0.6 is 11.6 Å². The van der Waals surface area contributed by atoms with Gasteiger partial charge < -0.3 is 14.8 Å². The number of halogens is 1. The predicted molar refractivity (Wildman–Crippen MR) is 144 cm³/mol. The van der Waals surface area contributed by atoms with Crippen molar-refractivity contribution >= 4 is 28.6 Å². The molecule has 0 saturated heterocycles. The van der Waals surface area contributed by atoms with Gasteiger partial charge >= 0.3 is 0 Å². The van der Waals surface area contributed by atoms with Gasteiger partial charge in [-0.1, -0.05) is 96.5 Å². The second-order valence-corrected chi connectivity index (χ2v) is 9.43. The molecule has 0 fully saturated rings. The van der Waals surface area contributed by atoms with E-state index in [2.05, 4.69) is 77.4 Å². The van der Waals surface area contributed by atoms with Crippen LogP contribution in [0, 0.1) is 6.92 Å². The number of phenolic OH excluding ortho intramolecular Hbond substituents is 2. The lowest BCUT2D eigenvalue weighted by Crippen LogP contribution is -2.10. The van der Waals surface area contributed by atoms with Crippen LogP contribution in [0.4, 0.5) is 0 Å². The monoisotopic (exact) mass is 477 g/mol. The average molecular weight is 478 g/mol. The number of hydrogen-bond donors (Lipinski definition) is 2. The molecule has 1 aromatic heterocycles. The molecule has 3 nitrogen and oxygen atoms in total. The van der Waals surface area contributed by atoms with Crippen molar-refractivity contribution < 1.29 is 10.2 Å². The first-order valence-electron chi connectivity index (χ1n) is 11.7. The third kappa shape index (κ3) is 3.43. The summed E-state index contributed by atoms with van der Waals surface area (Å²) >= 11 is 6.43. The van der Waals surface area contributed by atoms with Crippen molar-refractivity contribution in [1.29, 1.82) is 0 Å². The Hall–Kier alpha value is -3.95. The van der Waals surface area contributed by atoms with Gasteiger partial charge in [0.05, 0.1) is 10.4 Å². The Bertz CT molecular complexity index is 1580. The molecule has 0 radical (unpaired) electrons. The van der Waals surface area contributed by atoms with E-state index in [1.165, 1.54) is 5.56 Å². The second kappa shape index (κ2) is 8.37. The number of hydrogen-bond acceptors (Lipinski definition) is 2. The van der Waals surface area contributed by atoms with Crippen molar-refractivity contribution in [2.45, 2.75) is 19.3 Å². The van der Waals surface area contributed by atoms with E-state index in [0.717, 1.165) is 34.5 Å². The van der Waals surface area contributed by atoms with Crippen LogP contribution in [-0.2, 0) is 6.42 Å². The van der Waals surface area contributed by atoms with Gasteiger partial charge in [0.2, 0.25) is 0 Å². The first kappa shape index (κ1) is 21.6. The Morgan fingerprint density at radius 1 is 0.800 bits per heavy atom. The maximum Gasteiger partial charge on any atom is 0.144 e. The fraction of sp³-hybridized carbons (Fsp3) is 0.0968. The molecule has 5 aromatic rings. The Labute approximate surface area is 209 Å². The molecule has 0 aliphatic heterocycles. The van der Waals surface area contributed by atoms with Gasteiger partial charge in [0.15, 0.2) is 0 Å².